The molecule has 2 aromatic rings. The highest BCUT2D eigenvalue weighted by molar-refractivity contribution is 5.85. The predicted octanol–water partition coefficient (Wildman–Crippen LogP) is 9.73. The van der Waals surface area contributed by atoms with Gasteiger partial charge in [0.25, 0.3) is 0 Å². The molecule has 0 atom stereocenters. The summed E-state index contributed by atoms with van der Waals surface area (Å²) in [5.74, 6) is 1.99. The number of fused-ring (bicyclic) bond motifs is 1. The molecule has 0 nitrogen and oxygen atoms in total. The summed E-state index contributed by atoms with van der Waals surface area (Å²) < 4.78 is 29.3. The Bertz CT molecular complexity index is 870. The normalized spacial score (nSPS) is 26.5. The molecule has 0 bridgehead atoms. The van der Waals surface area contributed by atoms with Gasteiger partial charge in [0.1, 0.15) is 0 Å². The van der Waals surface area contributed by atoms with Gasteiger partial charge in [-0.2, -0.15) is 0 Å². The van der Waals surface area contributed by atoms with Crippen LogP contribution in [-0.4, -0.2) is 0 Å². The molecule has 2 aliphatic rings. The molecular weight excluding hydrogens is 398 g/mol. The van der Waals surface area contributed by atoms with E-state index in [1.165, 1.54) is 82.6 Å². The second-order valence-corrected chi connectivity index (χ2v) is 10.8. The van der Waals surface area contributed by atoms with E-state index in [-0.39, 0.29) is 0 Å². The van der Waals surface area contributed by atoms with Crippen LogP contribution in [0.25, 0.3) is 10.8 Å². The molecule has 32 heavy (non-hydrogen) atoms. The maximum Gasteiger partial charge on any atom is 0.166 e. The summed E-state index contributed by atoms with van der Waals surface area (Å²) in [6, 6.07) is 7.96. The van der Waals surface area contributed by atoms with Crippen molar-refractivity contribution in [2.75, 3.05) is 0 Å². The van der Waals surface area contributed by atoms with Crippen LogP contribution in [0.15, 0.2) is 24.3 Å². The third-order valence-corrected chi connectivity index (χ3v) is 8.65. The lowest BCUT2D eigenvalue weighted by Crippen LogP contribution is -2.25. The minimum Gasteiger partial charge on any atom is -0.203 e. The quantitative estimate of drug-likeness (QED) is 0.358. The smallest absolute Gasteiger partial charge is 0.166 e. The van der Waals surface area contributed by atoms with Crippen molar-refractivity contribution in [3.8, 4) is 0 Å². The lowest BCUT2D eigenvalue weighted by atomic mass is 9.68. The van der Waals surface area contributed by atoms with Crippen molar-refractivity contribution < 1.29 is 8.78 Å². The van der Waals surface area contributed by atoms with Crippen molar-refractivity contribution in [2.45, 2.75) is 110 Å². The SMILES string of the molecule is CCCCCC1CCC(C2CCC(c3ccc4cc(CCC)c(F)c(F)c4c3)CC2)CC1. The number of benzene rings is 2. The first-order valence-electron chi connectivity index (χ1n) is 13.5. The van der Waals surface area contributed by atoms with Crippen LogP contribution in [0.5, 0.6) is 0 Å². The molecule has 0 spiro atoms. The number of rotatable bonds is 8. The molecule has 0 N–H and O–H groups in total. The maximum absolute atomic E-state index is 14.8. The number of hydrogen-bond acceptors (Lipinski definition) is 0. The van der Waals surface area contributed by atoms with Crippen molar-refractivity contribution in [3.05, 3.63) is 47.0 Å². The van der Waals surface area contributed by atoms with Gasteiger partial charge < -0.3 is 0 Å². The van der Waals surface area contributed by atoms with Crippen LogP contribution in [0.3, 0.4) is 0 Å². The Morgan fingerprint density at radius 1 is 0.750 bits per heavy atom. The number of unbranched alkanes of at least 4 members (excludes halogenated alkanes) is 2. The van der Waals surface area contributed by atoms with Gasteiger partial charge in [0.15, 0.2) is 11.6 Å². The molecule has 0 aromatic heterocycles. The fourth-order valence-corrected chi connectivity index (χ4v) is 6.66. The van der Waals surface area contributed by atoms with Gasteiger partial charge in [-0.05, 0) is 97.3 Å². The van der Waals surface area contributed by atoms with Crippen molar-refractivity contribution >= 4 is 10.8 Å². The summed E-state index contributed by atoms with van der Waals surface area (Å²) in [5.41, 5.74) is 1.71. The molecule has 0 amide bonds. The van der Waals surface area contributed by atoms with E-state index >= 15 is 0 Å². The molecule has 0 saturated heterocycles. The summed E-state index contributed by atoms with van der Waals surface area (Å²) in [5, 5.41) is 1.30. The Morgan fingerprint density at radius 2 is 1.44 bits per heavy atom. The lowest BCUT2D eigenvalue weighted by Gasteiger charge is -2.38. The third kappa shape index (κ3) is 5.37. The topological polar surface area (TPSA) is 0 Å². The molecule has 2 aromatic carbocycles. The zero-order valence-electron chi connectivity index (χ0n) is 20.3. The molecule has 4 rings (SSSR count). The highest BCUT2D eigenvalue weighted by Gasteiger charge is 2.31. The van der Waals surface area contributed by atoms with Crippen molar-refractivity contribution in [2.24, 2.45) is 17.8 Å². The van der Waals surface area contributed by atoms with E-state index in [0.29, 0.717) is 23.3 Å². The molecule has 2 saturated carbocycles. The summed E-state index contributed by atoms with van der Waals surface area (Å²) in [4.78, 5) is 0. The molecule has 0 aliphatic heterocycles. The monoisotopic (exact) mass is 440 g/mol. The molecule has 176 valence electrons. The molecule has 2 fully saturated rings. The predicted molar refractivity (Wildman–Crippen MR) is 132 cm³/mol. The standard InChI is InChI=1S/C30H42F2/c1-3-5-6-8-21-9-11-22(12-10-21)23-13-15-24(16-14-23)25-17-18-26-19-27(7-4-2)29(31)30(32)28(26)20-25/h17-24H,3-16H2,1-2H3. The zero-order chi connectivity index (χ0) is 22.5. The summed E-state index contributed by atoms with van der Waals surface area (Å²) in [6.45, 7) is 4.30. The van der Waals surface area contributed by atoms with E-state index in [0.717, 1.165) is 29.6 Å². The summed E-state index contributed by atoms with van der Waals surface area (Å²) in [6.07, 6.45) is 17.8. The van der Waals surface area contributed by atoms with Crippen molar-refractivity contribution in [1.29, 1.82) is 0 Å². The molecular formula is C30H42F2. The van der Waals surface area contributed by atoms with Gasteiger partial charge in [0.2, 0.25) is 0 Å². The Balaban J connectivity index is 1.34. The zero-order valence-corrected chi connectivity index (χ0v) is 20.3. The molecule has 0 heterocycles. The molecule has 0 radical (unpaired) electrons. The fraction of sp³-hybridized carbons (Fsp3) is 0.667. The van der Waals surface area contributed by atoms with Crippen LogP contribution in [0, 0.1) is 29.4 Å². The average molecular weight is 441 g/mol. The van der Waals surface area contributed by atoms with Crippen molar-refractivity contribution in [1.82, 2.24) is 0 Å². The highest BCUT2D eigenvalue weighted by Crippen LogP contribution is 2.45. The minimum absolute atomic E-state index is 0.461. The van der Waals surface area contributed by atoms with Crippen LogP contribution in [0.1, 0.15) is 114 Å². The van der Waals surface area contributed by atoms with Crippen LogP contribution in [0.2, 0.25) is 0 Å². The average Bonchev–Trinajstić information content (AvgIpc) is 2.83. The Morgan fingerprint density at radius 3 is 2.09 bits per heavy atom. The first-order valence-corrected chi connectivity index (χ1v) is 13.5. The van der Waals surface area contributed by atoms with Crippen LogP contribution in [-0.2, 0) is 6.42 Å². The van der Waals surface area contributed by atoms with Crippen LogP contribution in [0.4, 0.5) is 8.78 Å². The van der Waals surface area contributed by atoms with Gasteiger partial charge in [-0.3, -0.25) is 0 Å². The number of halogens is 2. The number of aryl methyl sites for hydroxylation is 1. The summed E-state index contributed by atoms with van der Waals surface area (Å²) in [7, 11) is 0. The van der Waals surface area contributed by atoms with E-state index in [1.807, 2.05) is 25.1 Å². The second-order valence-electron chi connectivity index (χ2n) is 10.8. The van der Waals surface area contributed by atoms with E-state index in [1.54, 1.807) is 0 Å². The largest absolute Gasteiger partial charge is 0.203 e. The van der Waals surface area contributed by atoms with E-state index in [4.69, 9.17) is 0 Å². The first-order chi connectivity index (χ1) is 15.6. The minimum atomic E-state index is -0.655. The lowest BCUT2D eigenvalue weighted by molar-refractivity contribution is 0.155. The second kappa shape index (κ2) is 11.1. The van der Waals surface area contributed by atoms with Gasteiger partial charge in [0.05, 0.1) is 0 Å². The maximum atomic E-state index is 14.8. The molecule has 2 aliphatic carbocycles. The Labute approximate surface area is 194 Å². The van der Waals surface area contributed by atoms with Gasteiger partial charge in [0, 0.05) is 5.39 Å². The van der Waals surface area contributed by atoms with Gasteiger partial charge >= 0.3 is 0 Å². The highest BCUT2D eigenvalue weighted by atomic mass is 19.2. The van der Waals surface area contributed by atoms with E-state index < -0.39 is 11.6 Å². The van der Waals surface area contributed by atoms with Gasteiger partial charge in [-0.1, -0.05) is 70.9 Å². The van der Waals surface area contributed by atoms with Crippen LogP contribution >= 0.6 is 0 Å². The Hall–Kier alpha value is -1.44. The van der Waals surface area contributed by atoms with Crippen LogP contribution < -0.4 is 0 Å². The van der Waals surface area contributed by atoms with E-state index in [9.17, 15) is 8.78 Å². The van der Waals surface area contributed by atoms with Gasteiger partial charge in [-0.25, -0.2) is 8.78 Å². The fourth-order valence-electron chi connectivity index (χ4n) is 6.66. The Kier molecular flexibility index (Phi) is 8.24. The molecule has 2 heteroatoms. The van der Waals surface area contributed by atoms with Gasteiger partial charge in [-0.15, -0.1) is 0 Å². The first kappa shape index (κ1) is 23.7. The van der Waals surface area contributed by atoms with Crippen molar-refractivity contribution in [3.63, 3.8) is 0 Å². The third-order valence-electron chi connectivity index (χ3n) is 8.65. The van der Waals surface area contributed by atoms with E-state index in [2.05, 4.69) is 13.0 Å². The number of hydrogen-bond donors (Lipinski definition) is 0. The molecule has 0 unspecified atom stereocenters. The summed E-state index contributed by atoms with van der Waals surface area (Å²) >= 11 is 0.